The molecule has 4 aliphatic carbocycles. The summed E-state index contributed by atoms with van der Waals surface area (Å²) in [6, 6.07) is 0. The van der Waals surface area contributed by atoms with E-state index >= 15 is 0 Å². The molecule has 0 aromatic carbocycles. The number of rotatable bonds is 8. The van der Waals surface area contributed by atoms with Crippen molar-refractivity contribution in [3.05, 3.63) is 25.3 Å². The lowest BCUT2D eigenvalue weighted by Crippen LogP contribution is -2.62. The maximum absolute atomic E-state index is 12.8. The molecule has 5 nitrogen and oxygen atoms in total. The highest BCUT2D eigenvalue weighted by molar-refractivity contribution is 5.76. The van der Waals surface area contributed by atoms with Crippen molar-refractivity contribution in [3.8, 4) is 0 Å². The molecule has 0 saturated heterocycles. The lowest BCUT2D eigenvalue weighted by Gasteiger charge is -2.63. The van der Waals surface area contributed by atoms with Crippen LogP contribution < -0.4 is 0 Å². The van der Waals surface area contributed by atoms with E-state index in [0.29, 0.717) is 49.1 Å². The predicted octanol–water partition coefficient (Wildman–Crippen LogP) is 4.56. The highest BCUT2D eigenvalue weighted by Crippen LogP contribution is 2.68. The molecule has 0 aromatic rings. The number of fused-ring (bicyclic) bond motifs is 5. The fraction of sp³-hybridized carbons (Fsp3) is 0.833. The number of nitrogens with zero attached hydrogens (tertiary/aromatic N) is 1. The first-order chi connectivity index (χ1) is 16.6. The molecule has 1 amide bonds. The maximum atomic E-state index is 12.8. The Labute approximate surface area is 212 Å². The molecule has 35 heavy (non-hydrogen) atoms. The molecule has 3 N–H and O–H groups in total. The van der Waals surface area contributed by atoms with Gasteiger partial charge in [-0.25, -0.2) is 0 Å². The molecule has 0 bridgehead atoms. The molecule has 0 heterocycles. The SMILES string of the molecule is C=CCN(CC=C)C(=O)CC[C@@H](C)[C@H]1CC[C@H]2[C@@H]3[C@H](O)C[C@@H]4C[C@H](O)CC[C@]4(C)[C@H]3C[C@H](O)[C@]12C. The molecule has 4 rings (SSSR count). The summed E-state index contributed by atoms with van der Waals surface area (Å²) in [6.45, 7) is 15.5. The van der Waals surface area contributed by atoms with Crippen molar-refractivity contribution in [3.63, 3.8) is 0 Å². The van der Waals surface area contributed by atoms with Crippen LogP contribution in [0.4, 0.5) is 0 Å². The Kier molecular flexibility index (Phi) is 7.91. The third kappa shape index (κ3) is 4.55. The number of carbonyl (C=O) groups is 1. The van der Waals surface area contributed by atoms with Crippen molar-refractivity contribution in [1.82, 2.24) is 4.90 Å². The topological polar surface area (TPSA) is 81.0 Å². The third-order valence-corrected chi connectivity index (χ3v) is 11.4. The molecular weight excluding hydrogens is 438 g/mol. The van der Waals surface area contributed by atoms with Crippen molar-refractivity contribution in [2.24, 2.45) is 46.3 Å². The van der Waals surface area contributed by atoms with Crippen LogP contribution in [-0.2, 0) is 4.79 Å². The largest absolute Gasteiger partial charge is 0.393 e. The van der Waals surface area contributed by atoms with Crippen LogP contribution in [-0.4, -0.2) is 57.5 Å². The Morgan fingerprint density at radius 1 is 1.03 bits per heavy atom. The van der Waals surface area contributed by atoms with Gasteiger partial charge in [-0.2, -0.15) is 0 Å². The summed E-state index contributed by atoms with van der Waals surface area (Å²) in [5.74, 6) is 2.04. The summed E-state index contributed by atoms with van der Waals surface area (Å²) in [5.41, 5.74) is -0.120. The average molecular weight is 488 g/mol. The van der Waals surface area contributed by atoms with Crippen LogP contribution in [0.5, 0.6) is 0 Å². The molecule has 0 spiro atoms. The number of aliphatic hydroxyl groups is 3. The minimum atomic E-state index is -0.382. The highest BCUT2D eigenvalue weighted by Gasteiger charge is 2.65. The highest BCUT2D eigenvalue weighted by atomic mass is 16.3. The van der Waals surface area contributed by atoms with E-state index in [1.165, 1.54) is 0 Å². The molecule has 0 unspecified atom stereocenters. The monoisotopic (exact) mass is 487 g/mol. The van der Waals surface area contributed by atoms with Gasteiger partial charge in [-0.1, -0.05) is 32.9 Å². The normalized spacial score (nSPS) is 45.5. The Balaban J connectivity index is 1.49. The van der Waals surface area contributed by atoms with E-state index in [1.807, 2.05) is 0 Å². The van der Waals surface area contributed by atoms with Gasteiger partial charge < -0.3 is 20.2 Å². The molecule has 4 saturated carbocycles. The number of aliphatic hydroxyl groups excluding tert-OH is 3. The van der Waals surface area contributed by atoms with E-state index < -0.39 is 0 Å². The van der Waals surface area contributed by atoms with Crippen LogP contribution in [0.2, 0.25) is 0 Å². The summed E-state index contributed by atoms with van der Waals surface area (Å²) >= 11 is 0. The summed E-state index contributed by atoms with van der Waals surface area (Å²) in [7, 11) is 0. The van der Waals surface area contributed by atoms with Crippen LogP contribution in [0.15, 0.2) is 25.3 Å². The molecule has 11 atom stereocenters. The van der Waals surface area contributed by atoms with Crippen molar-refractivity contribution in [2.75, 3.05) is 13.1 Å². The molecule has 5 heteroatoms. The lowest BCUT2D eigenvalue weighted by molar-refractivity contribution is -0.207. The number of carbonyl (C=O) groups excluding carboxylic acids is 1. The predicted molar refractivity (Wildman–Crippen MR) is 139 cm³/mol. The molecule has 0 radical (unpaired) electrons. The fourth-order valence-electron chi connectivity index (χ4n) is 9.43. The van der Waals surface area contributed by atoms with E-state index in [2.05, 4.69) is 33.9 Å². The Morgan fingerprint density at radius 2 is 1.71 bits per heavy atom. The van der Waals surface area contributed by atoms with Crippen molar-refractivity contribution in [2.45, 2.75) is 96.9 Å². The van der Waals surface area contributed by atoms with Crippen LogP contribution in [0, 0.1) is 46.3 Å². The van der Waals surface area contributed by atoms with Gasteiger partial charge in [-0.3, -0.25) is 4.79 Å². The standard InChI is InChI=1S/C30H49NO4/c1-6-14-31(15-7-2)27(35)11-8-19(3)22-9-10-23-28-24(18-26(34)30(22,23)5)29(4)13-12-21(32)16-20(29)17-25(28)33/h6-7,19-26,28,32-34H,1-2,8-18H2,3-5H3/t19-,20+,21-,22-,23+,24+,25-,26+,28+,29+,30-/m1/s1. The van der Waals surface area contributed by atoms with E-state index in [0.717, 1.165) is 51.4 Å². The second-order valence-corrected chi connectivity index (χ2v) is 12.9. The van der Waals surface area contributed by atoms with Crippen LogP contribution in [0.1, 0.15) is 78.6 Å². The molecule has 0 aromatic heterocycles. The molecule has 4 fully saturated rings. The zero-order chi connectivity index (χ0) is 25.5. The van der Waals surface area contributed by atoms with Gasteiger partial charge in [-0.05, 0) is 97.7 Å². The van der Waals surface area contributed by atoms with Gasteiger partial charge in [0.2, 0.25) is 5.91 Å². The Morgan fingerprint density at radius 3 is 2.37 bits per heavy atom. The smallest absolute Gasteiger partial charge is 0.223 e. The van der Waals surface area contributed by atoms with E-state index in [-0.39, 0.29) is 41.0 Å². The van der Waals surface area contributed by atoms with Crippen molar-refractivity contribution >= 4 is 5.91 Å². The van der Waals surface area contributed by atoms with E-state index in [9.17, 15) is 20.1 Å². The summed E-state index contributed by atoms with van der Waals surface area (Å²) in [6.07, 6.45) is 10.2. The molecule has 198 valence electrons. The zero-order valence-electron chi connectivity index (χ0n) is 22.2. The number of hydrogen-bond donors (Lipinski definition) is 3. The molecule has 4 aliphatic rings. The minimum Gasteiger partial charge on any atom is -0.393 e. The zero-order valence-corrected chi connectivity index (χ0v) is 22.2. The van der Waals surface area contributed by atoms with Crippen molar-refractivity contribution in [1.29, 1.82) is 0 Å². The molecule has 0 aliphatic heterocycles. The number of hydrogen-bond acceptors (Lipinski definition) is 4. The van der Waals surface area contributed by atoms with E-state index in [4.69, 9.17) is 0 Å². The first-order valence-electron chi connectivity index (χ1n) is 14.1. The van der Waals surface area contributed by atoms with E-state index in [1.54, 1.807) is 17.1 Å². The third-order valence-electron chi connectivity index (χ3n) is 11.4. The second-order valence-electron chi connectivity index (χ2n) is 12.9. The van der Waals surface area contributed by atoms with Crippen LogP contribution >= 0.6 is 0 Å². The number of amides is 1. The van der Waals surface area contributed by atoms with Gasteiger partial charge in [-0.15, -0.1) is 13.2 Å². The van der Waals surface area contributed by atoms with Gasteiger partial charge >= 0.3 is 0 Å². The molecular formula is C30H49NO4. The maximum Gasteiger partial charge on any atom is 0.223 e. The van der Waals surface area contributed by atoms with Crippen molar-refractivity contribution < 1.29 is 20.1 Å². The Bertz CT molecular complexity index is 789. The first-order valence-corrected chi connectivity index (χ1v) is 14.1. The van der Waals surface area contributed by atoms with Gasteiger partial charge in [0.05, 0.1) is 18.3 Å². The quantitative estimate of drug-likeness (QED) is 0.438. The fourth-order valence-corrected chi connectivity index (χ4v) is 9.43. The summed E-state index contributed by atoms with van der Waals surface area (Å²) in [4.78, 5) is 14.6. The summed E-state index contributed by atoms with van der Waals surface area (Å²) < 4.78 is 0. The van der Waals surface area contributed by atoms with Gasteiger partial charge in [0, 0.05) is 19.5 Å². The van der Waals surface area contributed by atoms with Crippen LogP contribution in [0.25, 0.3) is 0 Å². The van der Waals surface area contributed by atoms with Gasteiger partial charge in [0.25, 0.3) is 0 Å². The second kappa shape index (κ2) is 10.3. The first kappa shape index (κ1) is 26.9. The minimum absolute atomic E-state index is 0.0985. The average Bonchev–Trinajstić information content (AvgIpc) is 3.17. The van der Waals surface area contributed by atoms with Crippen LogP contribution in [0.3, 0.4) is 0 Å². The van der Waals surface area contributed by atoms with Gasteiger partial charge in [0.1, 0.15) is 0 Å². The summed E-state index contributed by atoms with van der Waals surface area (Å²) in [5, 5.41) is 33.4. The lowest BCUT2D eigenvalue weighted by atomic mass is 9.43. The Hall–Kier alpha value is -1.17. The van der Waals surface area contributed by atoms with Gasteiger partial charge in [0.15, 0.2) is 0 Å².